The number of carbonyl (C=O) groups is 2. The zero-order valence-electron chi connectivity index (χ0n) is 18.1. The fourth-order valence-corrected chi connectivity index (χ4v) is 4.33. The Morgan fingerprint density at radius 2 is 1.71 bits per heavy atom. The van der Waals surface area contributed by atoms with E-state index in [9.17, 15) is 9.59 Å². The maximum absolute atomic E-state index is 12.9. The molecule has 4 rings (SSSR count). The van der Waals surface area contributed by atoms with Gasteiger partial charge in [0.25, 0.3) is 0 Å². The zero-order valence-corrected chi connectivity index (χ0v) is 18.1. The minimum Gasteiger partial charge on any atom is -0.497 e. The highest BCUT2D eigenvalue weighted by molar-refractivity contribution is 6.01. The normalized spacial score (nSPS) is 17.0. The van der Waals surface area contributed by atoms with E-state index < -0.39 is 5.60 Å². The Balaban J connectivity index is 1.45. The van der Waals surface area contributed by atoms with Crippen molar-refractivity contribution >= 4 is 11.7 Å². The molecule has 2 aromatic rings. The van der Waals surface area contributed by atoms with E-state index in [2.05, 4.69) is 0 Å². The second-order valence-electron chi connectivity index (χ2n) is 7.97. The van der Waals surface area contributed by atoms with E-state index >= 15 is 0 Å². The quantitative estimate of drug-likeness (QED) is 0.732. The molecule has 0 radical (unpaired) electrons. The molecular weight excluding hydrogens is 398 g/mol. The van der Waals surface area contributed by atoms with E-state index in [1.165, 1.54) is 7.11 Å². The second-order valence-corrected chi connectivity index (χ2v) is 7.97. The van der Waals surface area contributed by atoms with Crippen molar-refractivity contribution in [1.82, 2.24) is 4.90 Å². The summed E-state index contributed by atoms with van der Waals surface area (Å²) in [4.78, 5) is 27.5. The van der Waals surface area contributed by atoms with Gasteiger partial charge in [0.05, 0.1) is 39.7 Å². The average Bonchev–Trinajstić information content (AvgIpc) is 2.79. The zero-order chi connectivity index (χ0) is 22.0. The van der Waals surface area contributed by atoms with Crippen molar-refractivity contribution in [3.8, 4) is 23.0 Å². The standard InChI is InChI=1S/C24H27NO6/c1-28-17-6-4-16(5-7-17)14-21(27)25-12-10-24(11-13-25)15-19(26)18-8-9-20(29-2)23(30-3)22(18)31-24/h4-9H,10-15H2,1-3H3. The minimum absolute atomic E-state index is 0.0280. The van der Waals surface area contributed by atoms with Gasteiger partial charge in [-0.3, -0.25) is 9.59 Å². The first-order valence-electron chi connectivity index (χ1n) is 10.4. The van der Waals surface area contributed by atoms with Crippen LogP contribution in [0, 0.1) is 0 Å². The first-order valence-corrected chi connectivity index (χ1v) is 10.4. The molecule has 1 spiro atoms. The number of benzene rings is 2. The van der Waals surface area contributed by atoms with E-state index in [-0.39, 0.29) is 11.7 Å². The van der Waals surface area contributed by atoms with Crippen molar-refractivity contribution < 1.29 is 28.5 Å². The highest BCUT2D eigenvalue weighted by Gasteiger charge is 2.45. The molecule has 0 aromatic heterocycles. The Morgan fingerprint density at radius 3 is 2.32 bits per heavy atom. The molecule has 2 aliphatic heterocycles. The van der Waals surface area contributed by atoms with Gasteiger partial charge in [-0.05, 0) is 29.8 Å². The fourth-order valence-electron chi connectivity index (χ4n) is 4.33. The number of nitrogens with zero attached hydrogens (tertiary/aromatic N) is 1. The number of carbonyl (C=O) groups excluding carboxylic acids is 2. The SMILES string of the molecule is COc1ccc(CC(=O)N2CCC3(CC2)CC(=O)c2ccc(OC)c(OC)c2O3)cc1. The van der Waals surface area contributed by atoms with E-state index in [0.29, 0.717) is 61.6 Å². The van der Waals surface area contributed by atoms with Crippen molar-refractivity contribution in [2.75, 3.05) is 34.4 Å². The largest absolute Gasteiger partial charge is 0.497 e. The van der Waals surface area contributed by atoms with Crippen molar-refractivity contribution in [2.24, 2.45) is 0 Å². The van der Waals surface area contributed by atoms with Crippen LogP contribution in [0.5, 0.6) is 23.0 Å². The first-order chi connectivity index (χ1) is 15.0. The third-order valence-electron chi connectivity index (χ3n) is 6.14. The molecule has 1 saturated heterocycles. The Labute approximate surface area is 181 Å². The number of hydrogen-bond acceptors (Lipinski definition) is 6. The van der Waals surface area contributed by atoms with Crippen LogP contribution in [0.1, 0.15) is 35.2 Å². The summed E-state index contributed by atoms with van der Waals surface area (Å²) in [5, 5.41) is 0. The number of rotatable bonds is 5. The Kier molecular flexibility index (Phi) is 5.76. The Bertz CT molecular complexity index is 976. The lowest BCUT2D eigenvalue weighted by atomic mass is 9.82. The van der Waals surface area contributed by atoms with Gasteiger partial charge >= 0.3 is 0 Å². The topological polar surface area (TPSA) is 74.3 Å². The predicted octanol–water partition coefficient (Wildman–Crippen LogP) is 3.28. The fraction of sp³-hybridized carbons (Fsp3) is 0.417. The molecule has 31 heavy (non-hydrogen) atoms. The molecule has 0 bridgehead atoms. The number of ketones is 1. The van der Waals surface area contributed by atoms with E-state index in [1.54, 1.807) is 26.4 Å². The second kappa shape index (κ2) is 8.49. The van der Waals surface area contributed by atoms with Crippen LogP contribution in [0.25, 0.3) is 0 Å². The van der Waals surface area contributed by atoms with Gasteiger partial charge in [0.1, 0.15) is 11.4 Å². The summed E-state index contributed by atoms with van der Waals surface area (Å²) < 4.78 is 22.4. The molecule has 1 fully saturated rings. The molecule has 0 atom stereocenters. The lowest BCUT2D eigenvalue weighted by Gasteiger charge is -2.44. The number of fused-ring (bicyclic) bond motifs is 1. The molecule has 7 nitrogen and oxygen atoms in total. The Hall–Kier alpha value is -3.22. The summed E-state index contributed by atoms with van der Waals surface area (Å²) in [5.74, 6) is 2.27. The van der Waals surface area contributed by atoms with Gasteiger partial charge in [-0.1, -0.05) is 12.1 Å². The molecule has 164 valence electrons. The smallest absolute Gasteiger partial charge is 0.226 e. The van der Waals surface area contributed by atoms with Crippen LogP contribution in [0.2, 0.25) is 0 Å². The van der Waals surface area contributed by atoms with Crippen LogP contribution in [-0.4, -0.2) is 56.6 Å². The number of hydrogen-bond donors (Lipinski definition) is 0. The molecule has 1 amide bonds. The van der Waals surface area contributed by atoms with E-state index in [4.69, 9.17) is 18.9 Å². The van der Waals surface area contributed by atoms with Crippen molar-refractivity contribution in [1.29, 1.82) is 0 Å². The average molecular weight is 425 g/mol. The summed E-state index contributed by atoms with van der Waals surface area (Å²) in [6, 6.07) is 11.0. The predicted molar refractivity (Wildman–Crippen MR) is 114 cm³/mol. The Morgan fingerprint density at radius 1 is 1.00 bits per heavy atom. The van der Waals surface area contributed by atoms with Gasteiger partial charge < -0.3 is 23.8 Å². The highest BCUT2D eigenvalue weighted by atomic mass is 16.5. The first kappa shape index (κ1) is 21.0. The van der Waals surface area contributed by atoms with Crippen LogP contribution in [0.3, 0.4) is 0 Å². The third kappa shape index (κ3) is 4.04. The highest BCUT2D eigenvalue weighted by Crippen LogP contribution is 2.47. The van der Waals surface area contributed by atoms with Crippen LogP contribution in [0.4, 0.5) is 0 Å². The maximum atomic E-state index is 12.9. The molecular formula is C24H27NO6. The monoisotopic (exact) mass is 425 g/mol. The van der Waals surface area contributed by atoms with Crippen LogP contribution >= 0.6 is 0 Å². The number of piperidine rings is 1. The van der Waals surface area contributed by atoms with Gasteiger partial charge in [0.15, 0.2) is 17.3 Å². The number of Topliss-reactive ketones (excluding diaryl/α,β-unsaturated/α-hetero) is 1. The van der Waals surface area contributed by atoms with Crippen LogP contribution in [0.15, 0.2) is 36.4 Å². The van der Waals surface area contributed by atoms with Crippen molar-refractivity contribution in [3.05, 3.63) is 47.5 Å². The lowest BCUT2D eigenvalue weighted by Crippen LogP contribution is -2.52. The summed E-state index contributed by atoms with van der Waals surface area (Å²) in [6.45, 7) is 1.09. The minimum atomic E-state index is -0.624. The van der Waals surface area contributed by atoms with Gasteiger partial charge in [0, 0.05) is 25.9 Å². The number of methoxy groups -OCH3 is 3. The molecule has 0 N–H and O–H groups in total. The lowest BCUT2D eigenvalue weighted by molar-refractivity contribution is -0.134. The summed E-state index contributed by atoms with van der Waals surface area (Å²) in [7, 11) is 4.71. The molecule has 0 aliphatic carbocycles. The number of ether oxygens (including phenoxy) is 4. The van der Waals surface area contributed by atoms with Crippen LogP contribution in [-0.2, 0) is 11.2 Å². The molecule has 7 heteroatoms. The summed E-state index contributed by atoms with van der Waals surface area (Å²) in [6.07, 6.45) is 1.82. The van der Waals surface area contributed by atoms with E-state index in [1.807, 2.05) is 29.2 Å². The van der Waals surface area contributed by atoms with Gasteiger partial charge in [-0.25, -0.2) is 0 Å². The van der Waals surface area contributed by atoms with Gasteiger partial charge in [-0.15, -0.1) is 0 Å². The maximum Gasteiger partial charge on any atom is 0.226 e. The number of amides is 1. The summed E-state index contributed by atoms with van der Waals surface area (Å²) >= 11 is 0. The van der Waals surface area contributed by atoms with Crippen molar-refractivity contribution in [3.63, 3.8) is 0 Å². The molecule has 0 unspecified atom stereocenters. The third-order valence-corrected chi connectivity index (χ3v) is 6.14. The van der Waals surface area contributed by atoms with Gasteiger partial charge in [-0.2, -0.15) is 0 Å². The molecule has 0 saturated carbocycles. The molecule has 2 heterocycles. The molecule has 2 aromatic carbocycles. The number of likely N-dealkylation sites (tertiary alicyclic amines) is 1. The van der Waals surface area contributed by atoms with E-state index in [0.717, 1.165) is 11.3 Å². The van der Waals surface area contributed by atoms with Crippen LogP contribution < -0.4 is 18.9 Å². The van der Waals surface area contributed by atoms with Crippen molar-refractivity contribution in [2.45, 2.75) is 31.3 Å². The van der Waals surface area contributed by atoms with Gasteiger partial charge in [0.2, 0.25) is 11.7 Å². The molecule has 2 aliphatic rings. The summed E-state index contributed by atoms with van der Waals surface area (Å²) in [5.41, 5.74) is 0.836.